The van der Waals surface area contributed by atoms with Crippen LogP contribution in [0.25, 0.3) is 6.08 Å². The Morgan fingerprint density at radius 1 is 1.13 bits per heavy atom. The third kappa shape index (κ3) is 5.33. The Morgan fingerprint density at radius 3 is 2.58 bits per heavy atom. The number of ether oxygens (including phenoxy) is 2. The molecule has 1 heterocycles. The van der Waals surface area contributed by atoms with Crippen LogP contribution < -0.4 is 9.47 Å². The molecule has 0 radical (unpaired) electrons. The third-order valence-corrected chi connectivity index (χ3v) is 7.42. The van der Waals surface area contributed by atoms with Crippen molar-refractivity contribution >= 4 is 56.2 Å². The van der Waals surface area contributed by atoms with Gasteiger partial charge in [0, 0.05) is 10.5 Å². The van der Waals surface area contributed by atoms with Crippen molar-refractivity contribution in [3.63, 3.8) is 0 Å². The molecular formula is C24H24BrNO3S2. The number of thioether (sulfide) groups is 1. The van der Waals surface area contributed by atoms with Crippen LogP contribution >= 0.6 is 39.9 Å². The van der Waals surface area contributed by atoms with E-state index in [1.54, 1.807) is 7.11 Å². The molecule has 7 heteroatoms. The molecule has 0 spiro atoms. The molecule has 1 amide bonds. The lowest BCUT2D eigenvalue weighted by atomic mass is 9.94. The van der Waals surface area contributed by atoms with Crippen molar-refractivity contribution in [3.8, 4) is 11.5 Å². The van der Waals surface area contributed by atoms with Crippen molar-refractivity contribution in [1.29, 1.82) is 0 Å². The van der Waals surface area contributed by atoms with Gasteiger partial charge in [0.2, 0.25) is 0 Å². The zero-order valence-corrected chi connectivity index (χ0v) is 20.5. The molecule has 0 atom stereocenters. The van der Waals surface area contributed by atoms with E-state index in [0.29, 0.717) is 27.3 Å². The molecule has 2 aliphatic rings. The van der Waals surface area contributed by atoms with Crippen LogP contribution in [0.2, 0.25) is 0 Å². The lowest BCUT2D eigenvalue weighted by Crippen LogP contribution is -2.39. The van der Waals surface area contributed by atoms with Gasteiger partial charge in [-0.25, -0.2) is 0 Å². The summed E-state index contributed by atoms with van der Waals surface area (Å²) in [6.45, 7) is 0.447. The van der Waals surface area contributed by atoms with Crippen LogP contribution in [0.1, 0.15) is 43.2 Å². The molecule has 2 aromatic rings. The van der Waals surface area contributed by atoms with Crippen LogP contribution in [-0.2, 0) is 11.4 Å². The molecule has 1 saturated heterocycles. The van der Waals surface area contributed by atoms with E-state index in [2.05, 4.69) is 15.9 Å². The fourth-order valence-corrected chi connectivity index (χ4v) is 5.58. The first-order valence-corrected chi connectivity index (χ1v) is 12.4. The molecule has 4 nitrogen and oxygen atoms in total. The fourth-order valence-electron chi connectivity index (χ4n) is 3.92. The summed E-state index contributed by atoms with van der Waals surface area (Å²) in [6, 6.07) is 14.0. The number of carbonyl (C=O) groups excluding carboxylic acids is 1. The van der Waals surface area contributed by atoms with Gasteiger partial charge in [-0.3, -0.25) is 9.69 Å². The summed E-state index contributed by atoms with van der Waals surface area (Å²) in [5.74, 6) is 1.32. The highest BCUT2D eigenvalue weighted by Crippen LogP contribution is 2.38. The summed E-state index contributed by atoms with van der Waals surface area (Å²) in [4.78, 5) is 15.5. The molecule has 4 rings (SSSR count). The molecule has 1 aliphatic carbocycles. The molecule has 0 unspecified atom stereocenters. The zero-order valence-electron chi connectivity index (χ0n) is 17.3. The SMILES string of the molecule is COc1cc(C=C2SC(=S)N(C3CCCCC3)C2=O)ccc1OCc1ccc(Br)cc1. The van der Waals surface area contributed by atoms with Crippen LogP contribution in [0.5, 0.6) is 11.5 Å². The maximum absolute atomic E-state index is 13.0. The highest BCUT2D eigenvalue weighted by atomic mass is 79.9. The van der Waals surface area contributed by atoms with Crippen molar-refractivity contribution in [2.45, 2.75) is 44.8 Å². The summed E-state index contributed by atoms with van der Waals surface area (Å²) in [7, 11) is 1.62. The van der Waals surface area contributed by atoms with Gasteiger partial charge in [-0.05, 0) is 54.3 Å². The molecule has 0 bridgehead atoms. The highest BCUT2D eigenvalue weighted by molar-refractivity contribution is 9.10. The van der Waals surface area contributed by atoms with E-state index in [1.165, 1.54) is 31.0 Å². The van der Waals surface area contributed by atoms with Crippen molar-refractivity contribution in [1.82, 2.24) is 4.90 Å². The number of carbonyl (C=O) groups is 1. The third-order valence-electron chi connectivity index (χ3n) is 5.56. The smallest absolute Gasteiger partial charge is 0.266 e. The molecule has 162 valence electrons. The second-order valence-electron chi connectivity index (χ2n) is 7.67. The van der Waals surface area contributed by atoms with E-state index in [1.807, 2.05) is 53.4 Å². The predicted molar refractivity (Wildman–Crippen MR) is 133 cm³/mol. The normalized spacial score (nSPS) is 18.6. The van der Waals surface area contributed by atoms with Gasteiger partial charge in [-0.1, -0.05) is 77.4 Å². The van der Waals surface area contributed by atoms with E-state index in [-0.39, 0.29) is 11.9 Å². The summed E-state index contributed by atoms with van der Waals surface area (Å²) in [5, 5.41) is 0. The standard InChI is InChI=1S/C24H24BrNO3S2/c1-28-21-13-17(9-12-20(21)29-15-16-7-10-18(25)11-8-16)14-22-23(27)26(24(30)31-22)19-5-3-2-4-6-19/h7-14,19H,2-6,15H2,1H3. The Kier molecular flexibility index (Phi) is 7.35. The van der Waals surface area contributed by atoms with E-state index in [9.17, 15) is 4.79 Å². The number of nitrogens with zero attached hydrogens (tertiary/aromatic N) is 1. The van der Waals surface area contributed by atoms with Crippen molar-refractivity contribution in [2.24, 2.45) is 0 Å². The maximum Gasteiger partial charge on any atom is 0.266 e. The second-order valence-corrected chi connectivity index (χ2v) is 10.3. The van der Waals surface area contributed by atoms with Crippen LogP contribution in [-0.4, -0.2) is 28.3 Å². The predicted octanol–water partition coefficient (Wildman–Crippen LogP) is 6.57. The van der Waals surface area contributed by atoms with Crippen molar-refractivity contribution < 1.29 is 14.3 Å². The molecule has 1 saturated carbocycles. The molecular weight excluding hydrogens is 494 g/mol. The number of hydrogen-bond acceptors (Lipinski definition) is 5. The minimum atomic E-state index is 0.0245. The Balaban J connectivity index is 1.48. The molecule has 0 aromatic heterocycles. The Labute approximate surface area is 201 Å². The van der Waals surface area contributed by atoms with Gasteiger partial charge >= 0.3 is 0 Å². The van der Waals surface area contributed by atoms with Crippen LogP contribution in [0.15, 0.2) is 51.8 Å². The first-order valence-electron chi connectivity index (χ1n) is 10.4. The second kappa shape index (κ2) is 10.2. The van der Waals surface area contributed by atoms with Crippen LogP contribution in [0.3, 0.4) is 0 Å². The van der Waals surface area contributed by atoms with E-state index >= 15 is 0 Å². The maximum atomic E-state index is 13.0. The molecule has 1 aliphatic heterocycles. The van der Waals surface area contributed by atoms with Gasteiger partial charge in [0.25, 0.3) is 5.91 Å². The summed E-state index contributed by atoms with van der Waals surface area (Å²) in [6.07, 6.45) is 7.55. The number of hydrogen-bond donors (Lipinski definition) is 0. The molecule has 31 heavy (non-hydrogen) atoms. The number of amides is 1. The molecule has 2 aromatic carbocycles. The fraction of sp³-hybridized carbons (Fsp3) is 0.333. The first kappa shape index (κ1) is 22.4. The average Bonchev–Trinajstić information content (AvgIpc) is 3.07. The van der Waals surface area contributed by atoms with Gasteiger partial charge in [-0.2, -0.15) is 0 Å². The van der Waals surface area contributed by atoms with E-state index in [4.69, 9.17) is 21.7 Å². The van der Waals surface area contributed by atoms with Gasteiger partial charge < -0.3 is 9.47 Å². The quantitative estimate of drug-likeness (QED) is 0.320. The number of rotatable bonds is 6. The largest absolute Gasteiger partial charge is 0.493 e. The van der Waals surface area contributed by atoms with Crippen molar-refractivity contribution in [2.75, 3.05) is 7.11 Å². The minimum absolute atomic E-state index is 0.0245. The molecule has 0 N–H and O–H groups in total. The van der Waals surface area contributed by atoms with Gasteiger partial charge in [-0.15, -0.1) is 0 Å². The lowest BCUT2D eigenvalue weighted by molar-refractivity contribution is -0.124. The Hall–Kier alpha value is -1.83. The van der Waals surface area contributed by atoms with Gasteiger partial charge in [0.15, 0.2) is 11.5 Å². The van der Waals surface area contributed by atoms with Crippen LogP contribution in [0.4, 0.5) is 0 Å². The number of methoxy groups -OCH3 is 1. The van der Waals surface area contributed by atoms with E-state index < -0.39 is 0 Å². The number of thiocarbonyl (C=S) groups is 1. The highest BCUT2D eigenvalue weighted by Gasteiger charge is 2.37. The summed E-state index contributed by atoms with van der Waals surface area (Å²) < 4.78 is 13.2. The zero-order chi connectivity index (χ0) is 21.8. The summed E-state index contributed by atoms with van der Waals surface area (Å²) >= 11 is 10.4. The lowest BCUT2D eigenvalue weighted by Gasteiger charge is -2.29. The van der Waals surface area contributed by atoms with Crippen molar-refractivity contribution in [3.05, 3.63) is 63.0 Å². The number of halogens is 1. The number of benzene rings is 2. The van der Waals surface area contributed by atoms with Crippen LogP contribution in [0, 0.1) is 0 Å². The monoisotopic (exact) mass is 517 g/mol. The van der Waals surface area contributed by atoms with Gasteiger partial charge in [0.05, 0.1) is 12.0 Å². The Bertz CT molecular complexity index is 1000. The summed E-state index contributed by atoms with van der Waals surface area (Å²) in [5.41, 5.74) is 1.96. The molecule has 2 fully saturated rings. The average molecular weight is 518 g/mol. The topological polar surface area (TPSA) is 38.8 Å². The first-order chi connectivity index (χ1) is 15.0. The minimum Gasteiger partial charge on any atom is -0.493 e. The van der Waals surface area contributed by atoms with E-state index in [0.717, 1.165) is 28.4 Å². The Morgan fingerprint density at radius 2 is 1.87 bits per heavy atom. The van der Waals surface area contributed by atoms with Gasteiger partial charge in [0.1, 0.15) is 10.9 Å².